The average Bonchev–Trinajstić information content (AvgIpc) is 2.27. The molecule has 0 aliphatic carbocycles. The van der Waals surface area contributed by atoms with Crippen molar-refractivity contribution in [3.05, 3.63) is 30.3 Å². The molecule has 0 amide bonds. The molecule has 1 aromatic carbocycles. The maximum atomic E-state index is 11.9. The minimum atomic E-state index is -3.46. The summed E-state index contributed by atoms with van der Waals surface area (Å²) >= 11 is 0. The minimum absolute atomic E-state index is 0. The van der Waals surface area contributed by atoms with Gasteiger partial charge in [0, 0.05) is 6.29 Å². The van der Waals surface area contributed by atoms with Gasteiger partial charge in [0.25, 0.3) is 0 Å². The second kappa shape index (κ2) is 7.65. The molecule has 84 valence electrons. The molecule has 1 aromatic rings. The van der Waals surface area contributed by atoms with Crippen molar-refractivity contribution in [2.75, 3.05) is 19.4 Å². The minimum Gasteiger partial charge on any atom is -0.795 e. The fraction of sp³-hybridized carbons (Fsp3) is 0.455. The van der Waals surface area contributed by atoms with Crippen LogP contribution >= 0.6 is 7.37 Å². The molecule has 0 radical (unpaired) electrons. The molecule has 0 aromatic heterocycles. The molecule has 0 saturated carbocycles. The van der Waals surface area contributed by atoms with Crippen LogP contribution in [0.2, 0.25) is 0 Å². The van der Waals surface area contributed by atoms with Crippen molar-refractivity contribution in [1.82, 2.24) is 4.90 Å². The second-order valence-corrected chi connectivity index (χ2v) is 5.60. The van der Waals surface area contributed by atoms with Crippen molar-refractivity contribution in [2.45, 2.75) is 13.8 Å². The van der Waals surface area contributed by atoms with Crippen LogP contribution < -0.4 is 39.8 Å². The Kier molecular flexibility index (Phi) is 7.83. The third-order valence-corrected chi connectivity index (χ3v) is 4.29. The van der Waals surface area contributed by atoms with Crippen LogP contribution in [0, 0.1) is 0 Å². The van der Waals surface area contributed by atoms with E-state index in [1.54, 1.807) is 24.3 Å². The van der Waals surface area contributed by atoms with Gasteiger partial charge in [-0.15, -0.1) is 0 Å². The Morgan fingerprint density at radius 3 is 2.12 bits per heavy atom. The van der Waals surface area contributed by atoms with Gasteiger partial charge in [-0.1, -0.05) is 44.2 Å². The van der Waals surface area contributed by atoms with Crippen LogP contribution in [0.1, 0.15) is 13.8 Å². The SMILES string of the molecule is CCN(CC)CP(=O)([O-])c1ccccc1.[Na+]. The largest absolute Gasteiger partial charge is 1.00 e. The van der Waals surface area contributed by atoms with Gasteiger partial charge in [0.15, 0.2) is 0 Å². The molecule has 0 saturated heterocycles. The Balaban J connectivity index is 0.00000225. The Labute approximate surface area is 120 Å². The summed E-state index contributed by atoms with van der Waals surface area (Å²) in [5.74, 6) is 0. The third kappa shape index (κ3) is 4.70. The Morgan fingerprint density at radius 2 is 1.69 bits per heavy atom. The van der Waals surface area contributed by atoms with Crippen LogP contribution in [0.3, 0.4) is 0 Å². The van der Waals surface area contributed by atoms with Gasteiger partial charge in [0.2, 0.25) is 0 Å². The Hall–Kier alpha value is 0.370. The molecule has 0 heterocycles. The van der Waals surface area contributed by atoms with E-state index in [0.717, 1.165) is 13.1 Å². The van der Waals surface area contributed by atoms with Crippen LogP contribution in [0.5, 0.6) is 0 Å². The van der Waals surface area contributed by atoms with E-state index in [1.807, 2.05) is 24.8 Å². The number of nitrogens with zero attached hydrogens (tertiary/aromatic N) is 1. The predicted molar refractivity (Wildman–Crippen MR) is 61.5 cm³/mol. The molecule has 1 atom stereocenters. The molecular formula is C11H17NNaO2P. The average molecular weight is 249 g/mol. The van der Waals surface area contributed by atoms with Crippen LogP contribution in [0.15, 0.2) is 30.3 Å². The van der Waals surface area contributed by atoms with Gasteiger partial charge in [-0.05, 0) is 18.4 Å². The van der Waals surface area contributed by atoms with E-state index in [4.69, 9.17) is 0 Å². The van der Waals surface area contributed by atoms with Crippen LogP contribution in [0.25, 0.3) is 0 Å². The number of hydrogen-bond acceptors (Lipinski definition) is 3. The van der Waals surface area contributed by atoms with Gasteiger partial charge < -0.3 is 9.46 Å². The Bertz CT molecular complexity index is 341. The fourth-order valence-corrected chi connectivity index (χ4v) is 3.14. The van der Waals surface area contributed by atoms with Crippen LogP contribution in [-0.2, 0) is 4.57 Å². The first kappa shape index (κ1) is 16.4. The van der Waals surface area contributed by atoms with Gasteiger partial charge in [-0.25, -0.2) is 0 Å². The molecule has 0 fully saturated rings. The van der Waals surface area contributed by atoms with Gasteiger partial charge in [0.05, 0.1) is 7.37 Å². The first-order valence-electron chi connectivity index (χ1n) is 5.18. The molecule has 16 heavy (non-hydrogen) atoms. The van der Waals surface area contributed by atoms with E-state index < -0.39 is 7.37 Å². The first-order valence-corrected chi connectivity index (χ1v) is 6.99. The summed E-state index contributed by atoms with van der Waals surface area (Å²) in [7, 11) is -3.46. The maximum absolute atomic E-state index is 11.9. The molecular weight excluding hydrogens is 232 g/mol. The molecule has 1 rings (SSSR count). The maximum Gasteiger partial charge on any atom is 1.00 e. The molecule has 0 spiro atoms. The van der Waals surface area contributed by atoms with Gasteiger partial charge in [-0.2, -0.15) is 0 Å². The summed E-state index contributed by atoms with van der Waals surface area (Å²) in [5.41, 5.74) is 0. The summed E-state index contributed by atoms with van der Waals surface area (Å²) in [6.45, 7) is 5.45. The number of rotatable bonds is 5. The van der Waals surface area contributed by atoms with E-state index in [1.165, 1.54) is 0 Å². The molecule has 0 aliphatic heterocycles. The molecule has 0 aliphatic rings. The van der Waals surface area contributed by atoms with E-state index >= 15 is 0 Å². The predicted octanol–water partition coefficient (Wildman–Crippen LogP) is -1.75. The molecule has 3 nitrogen and oxygen atoms in total. The van der Waals surface area contributed by atoms with Gasteiger partial charge in [0.1, 0.15) is 0 Å². The zero-order valence-electron chi connectivity index (χ0n) is 10.2. The molecule has 1 unspecified atom stereocenters. The van der Waals surface area contributed by atoms with Crippen molar-refractivity contribution in [1.29, 1.82) is 0 Å². The number of hydrogen-bond donors (Lipinski definition) is 0. The van der Waals surface area contributed by atoms with E-state index in [0.29, 0.717) is 5.30 Å². The normalized spacial score (nSPS) is 14.2. The monoisotopic (exact) mass is 249 g/mol. The Morgan fingerprint density at radius 1 is 1.19 bits per heavy atom. The van der Waals surface area contributed by atoms with Crippen molar-refractivity contribution in [3.8, 4) is 0 Å². The summed E-state index contributed by atoms with van der Waals surface area (Å²) in [6.07, 6.45) is 0.129. The zero-order chi connectivity index (χ0) is 11.3. The first-order chi connectivity index (χ1) is 7.10. The zero-order valence-corrected chi connectivity index (χ0v) is 13.1. The number of benzene rings is 1. The summed E-state index contributed by atoms with van der Waals surface area (Å²) in [4.78, 5) is 13.9. The van der Waals surface area contributed by atoms with E-state index in [-0.39, 0.29) is 35.8 Å². The smallest absolute Gasteiger partial charge is 0.795 e. The third-order valence-electron chi connectivity index (χ3n) is 2.43. The molecule has 5 heteroatoms. The van der Waals surface area contributed by atoms with Gasteiger partial charge >= 0.3 is 29.6 Å². The van der Waals surface area contributed by atoms with E-state index in [9.17, 15) is 9.46 Å². The summed E-state index contributed by atoms with van der Waals surface area (Å²) < 4.78 is 11.9. The molecule has 0 N–H and O–H groups in total. The van der Waals surface area contributed by atoms with Crippen molar-refractivity contribution < 1.29 is 39.0 Å². The van der Waals surface area contributed by atoms with E-state index in [2.05, 4.69) is 0 Å². The molecule has 0 bridgehead atoms. The second-order valence-electron chi connectivity index (χ2n) is 3.45. The van der Waals surface area contributed by atoms with Gasteiger partial charge in [-0.3, -0.25) is 4.90 Å². The van der Waals surface area contributed by atoms with Crippen molar-refractivity contribution in [3.63, 3.8) is 0 Å². The summed E-state index contributed by atoms with van der Waals surface area (Å²) in [6, 6.07) is 8.62. The fourth-order valence-electron chi connectivity index (χ4n) is 1.42. The topological polar surface area (TPSA) is 43.4 Å². The van der Waals surface area contributed by atoms with Crippen molar-refractivity contribution >= 4 is 12.7 Å². The summed E-state index contributed by atoms with van der Waals surface area (Å²) in [5, 5.41) is 0.428. The quantitative estimate of drug-likeness (QED) is 0.459. The standard InChI is InChI=1S/C11H18NO2P.Na/c1-3-12(4-2)10-15(13,14)11-8-6-5-7-9-11;/h5-9H,3-4,10H2,1-2H3,(H,13,14);/q;+1/p-1. The van der Waals surface area contributed by atoms with Crippen LogP contribution in [-0.4, -0.2) is 24.3 Å². The van der Waals surface area contributed by atoms with Crippen molar-refractivity contribution in [2.24, 2.45) is 0 Å². The van der Waals surface area contributed by atoms with Crippen LogP contribution in [0.4, 0.5) is 0 Å².